The molecule has 0 bridgehead atoms. The van der Waals surface area contributed by atoms with E-state index in [1.165, 1.54) is 12.1 Å². The van der Waals surface area contributed by atoms with E-state index in [0.29, 0.717) is 11.3 Å². The molecule has 0 aliphatic carbocycles. The van der Waals surface area contributed by atoms with Crippen molar-refractivity contribution in [1.29, 1.82) is 0 Å². The summed E-state index contributed by atoms with van der Waals surface area (Å²) in [6.07, 6.45) is -0.183. The van der Waals surface area contributed by atoms with Crippen LogP contribution in [0.15, 0.2) is 27.4 Å². The van der Waals surface area contributed by atoms with Gasteiger partial charge in [-0.2, -0.15) is 0 Å². The van der Waals surface area contributed by atoms with Gasteiger partial charge in [0.15, 0.2) is 11.3 Å². The van der Waals surface area contributed by atoms with E-state index >= 15 is 0 Å². The number of fused-ring (bicyclic) bond motifs is 3. The number of phenolic OH excluding ortho intramolecular Hbond substituents is 3. The van der Waals surface area contributed by atoms with Crippen molar-refractivity contribution in [3.63, 3.8) is 0 Å². The molecule has 6 heteroatoms. The zero-order valence-corrected chi connectivity index (χ0v) is 13.4. The van der Waals surface area contributed by atoms with E-state index in [0.717, 1.165) is 0 Å². The molecule has 0 saturated carbocycles. The minimum absolute atomic E-state index is 0.0390. The van der Waals surface area contributed by atoms with Crippen molar-refractivity contribution in [1.82, 2.24) is 0 Å². The van der Waals surface area contributed by atoms with Gasteiger partial charge < -0.3 is 24.5 Å². The highest BCUT2D eigenvalue weighted by Crippen LogP contribution is 2.50. The van der Waals surface area contributed by atoms with Crippen LogP contribution in [0.2, 0.25) is 0 Å². The summed E-state index contributed by atoms with van der Waals surface area (Å²) in [6.45, 7) is 5.75. The first kappa shape index (κ1) is 14.7. The Hall–Kier alpha value is -2.89. The van der Waals surface area contributed by atoms with Crippen LogP contribution >= 0.6 is 0 Å². The number of hydrogen-bond donors (Lipinski definition) is 3. The molecular weight excluding hydrogens is 312 g/mol. The number of ether oxygens (including phenoxy) is 1. The van der Waals surface area contributed by atoms with Crippen LogP contribution in [0.1, 0.15) is 26.3 Å². The van der Waals surface area contributed by atoms with E-state index in [9.17, 15) is 20.1 Å². The number of aromatic hydroxyl groups is 3. The van der Waals surface area contributed by atoms with Gasteiger partial charge in [-0.15, -0.1) is 0 Å². The Morgan fingerprint density at radius 2 is 1.83 bits per heavy atom. The van der Waals surface area contributed by atoms with Gasteiger partial charge in [0.2, 0.25) is 11.2 Å². The van der Waals surface area contributed by atoms with Gasteiger partial charge in [0, 0.05) is 17.0 Å². The normalized spacial score (nSPS) is 18.7. The second kappa shape index (κ2) is 4.35. The summed E-state index contributed by atoms with van der Waals surface area (Å²) in [5, 5.41) is 30.4. The molecule has 1 atom stereocenters. The molecule has 24 heavy (non-hydrogen) atoms. The molecule has 0 fully saturated rings. The Balaban J connectivity index is 2.21. The summed E-state index contributed by atoms with van der Waals surface area (Å²) in [6, 6.07) is 4.10. The van der Waals surface area contributed by atoms with E-state index in [1.54, 1.807) is 6.07 Å². The quantitative estimate of drug-likeness (QED) is 0.433. The highest BCUT2D eigenvalue weighted by Gasteiger charge is 2.42. The Bertz CT molecular complexity index is 1080. The second-order valence-corrected chi connectivity index (χ2v) is 6.69. The van der Waals surface area contributed by atoms with Crippen LogP contribution in [0.3, 0.4) is 0 Å². The fourth-order valence-electron chi connectivity index (χ4n) is 3.27. The third kappa shape index (κ3) is 1.62. The summed E-state index contributed by atoms with van der Waals surface area (Å²) in [7, 11) is 0. The zero-order chi connectivity index (χ0) is 17.4. The molecule has 0 saturated heterocycles. The first-order valence-corrected chi connectivity index (χ1v) is 7.58. The van der Waals surface area contributed by atoms with E-state index in [2.05, 4.69) is 0 Å². The van der Waals surface area contributed by atoms with Crippen molar-refractivity contribution in [3.05, 3.63) is 34.0 Å². The first-order valence-electron chi connectivity index (χ1n) is 7.58. The van der Waals surface area contributed by atoms with E-state index in [4.69, 9.17) is 9.15 Å². The first-order chi connectivity index (χ1) is 11.2. The summed E-state index contributed by atoms with van der Waals surface area (Å²) < 4.78 is 11.4. The molecule has 0 spiro atoms. The molecule has 1 aliphatic heterocycles. The third-order valence-electron chi connectivity index (χ3n) is 4.99. The van der Waals surface area contributed by atoms with Gasteiger partial charge in [0.1, 0.15) is 28.6 Å². The SMILES string of the molecule is C[C@@H]1Oc2cc3oc4c(O)c(O)ccc4c(=O)c3c(O)c2C1(C)C. The smallest absolute Gasteiger partial charge is 0.204 e. The molecular formula is C18H16O6. The molecule has 6 nitrogen and oxygen atoms in total. The third-order valence-corrected chi connectivity index (χ3v) is 4.99. The van der Waals surface area contributed by atoms with Gasteiger partial charge in [-0.1, -0.05) is 13.8 Å². The van der Waals surface area contributed by atoms with Gasteiger partial charge in [-0.05, 0) is 19.1 Å². The lowest BCUT2D eigenvalue weighted by atomic mass is 9.80. The Kier molecular flexibility index (Phi) is 2.66. The number of rotatable bonds is 0. The van der Waals surface area contributed by atoms with Crippen LogP contribution in [-0.2, 0) is 5.41 Å². The number of phenols is 3. The van der Waals surface area contributed by atoms with Gasteiger partial charge in [0.05, 0.1) is 5.39 Å². The van der Waals surface area contributed by atoms with Crippen molar-refractivity contribution in [2.45, 2.75) is 32.3 Å². The molecule has 0 unspecified atom stereocenters. The predicted molar refractivity (Wildman–Crippen MR) is 88.1 cm³/mol. The maximum atomic E-state index is 12.8. The minimum Gasteiger partial charge on any atom is -0.507 e. The molecule has 4 rings (SSSR count). The zero-order valence-electron chi connectivity index (χ0n) is 13.4. The van der Waals surface area contributed by atoms with E-state index in [1.807, 2.05) is 20.8 Å². The van der Waals surface area contributed by atoms with Crippen molar-refractivity contribution < 1.29 is 24.5 Å². The number of benzene rings is 2. The molecule has 2 aromatic carbocycles. The van der Waals surface area contributed by atoms with Crippen molar-refractivity contribution in [2.75, 3.05) is 0 Å². The van der Waals surface area contributed by atoms with E-state index < -0.39 is 16.6 Å². The topological polar surface area (TPSA) is 100 Å². The van der Waals surface area contributed by atoms with Gasteiger partial charge in [-0.3, -0.25) is 4.79 Å². The molecule has 3 aromatic rings. The fourth-order valence-corrected chi connectivity index (χ4v) is 3.27. The lowest BCUT2D eigenvalue weighted by Crippen LogP contribution is -2.29. The largest absolute Gasteiger partial charge is 0.507 e. The summed E-state index contributed by atoms with van der Waals surface area (Å²) in [5.41, 5.74) is -0.410. The second-order valence-electron chi connectivity index (χ2n) is 6.69. The van der Waals surface area contributed by atoms with Gasteiger partial charge in [0.25, 0.3) is 0 Å². The van der Waals surface area contributed by atoms with Crippen LogP contribution < -0.4 is 10.2 Å². The molecule has 1 aliphatic rings. The summed E-state index contributed by atoms with van der Waals surface area (Å²) in [5.74, 6) is -0.623. The Labute approximate surface area is 136 Å². The average molecular weight is 328 g/mol. The minimum atomic E-state index is -0.513. The van der Waals surface area contributed by atoms with Gasteiger partial charge in [-0.25, -0.2) is 0 Å². The fraction of sp³-hybridized carbons (Fsp3) is 0.278. The van der Waals surface area contributed by atoms with Crippen LogP contribution in [0.5, 0.6) is 23.0 Å². The molecule has 2 heterocycles. The molecule has 0 amide bonds. The van der Waals surface area contributed by atoms with Crippen molar-refractivity contribution >= 4 is 21.9 Å². The summed E-state index contributed by atoms with van der Waals surface area (Å²) >= 11 is 0. The van der Waals surface area contributed by atoms with Crippen molar-refractivity contribution in [3.8, 4) is 23.0 Å². The number of hydrogen-bond acceptors (Lipinski definition) is 6. The van der Waals surface area contributed by atoms with Crippen LogP contribution in [0, 0.1) is 0 Å². The average Bonchev–Trinajstić information content (AvgIpc) is 2.73. The maximum Gasteiger partial charge on any atom is 0.204 e. The summed E-state index contributed by atoms with van der Waals surface area (Å²) in [4.78, 5) is 12.8. The highest BCUT2D eigenvalue weighted by molar-refractivity contribution is 5.97. The Morgan fingerprint density at radius 1 is 1.12 bits per heavy atom. The maximum absolute atomic E-state index is 12.8. The molecule has 124 valence electrons. The van der Waals surface area contributed by atoms with Crippen LogP contribution in [0.25, 0.3) is 21.9 Å². The highest BCUT2D eigenvalue weighted by atomic mass is 16.5. The monoisotopic (exact) mass is 328 g/mol. The van der Waals surface area contributed by atoms with Crippen molar-refractivity contribution in [2.24, 2.45) is 0 Å². The lowest BCUT2D eigenvalue weighted by Gasteiger charge is -2.22. The standard InChI is InChI=1S/C18H16O6/c1-7-18(2,3)13-11(23-7)6-10-12(16(13)22)14(20)8-4-5-9(19)15(21)17(8)24-10/h4-7,19,21-22H,1-3H3/t7-/m0/s1. The lowest BCUT2D eigenvalue weighted by molar-refractivity contribution is 0.185. The predicted octanol–water partition coefficient (Wildman–Crippen LogP) is 3.12. The van der Waals surface area contributed by atoms with Crippen LogP contribution in [-0.4, -0.2) is 21.4 Å². The van der Waals surface area contributed by atoms with Gasteiger partial charge >= 0.3 is 0 Å². The molecule has 0 radical (unpaired) electrons. The van der Waals surface area contributed by atoms with E-state index in [-0.39, 0.29) is 39.5 Å². The Morgan fingerprint density at radius 3 is 2.54 bits per heavy atom. The molecule has 1 aromatic heterocycles. The molecule has 3 N–H and O–H groups in total. The van der Waals surface area contributed by atoms with Crippen LogP contribution in [0.4, 0.5) is 0 Å².